The summed E-state index contributed by atoms with van der Waals surface area (Å²) >= 11 is 6.12. The van der Waals surface area contributed by atoms with E-state index in [1.807, 2.05) is 47.9 Å². The number of fused-ring (bicyclic) bond motifs is 1. The Bertz CT molecular complexity index is 1800. The fourth-order valence-electron chi connectivity index (χ4n) is 4.68. The predicted octanol–water partition coefficient (Wildman–Crippen LogP) is 6.24. The Kier molecular flexibility index (Phi) is 6.95. The zero-order chi connectivity index (χ0) is 27.5. The molecule has 6 aromatic rings. The maximum atomic E-state index is 13.4. The molecule has 0 bridgehead atoms. The number of hydrogen-bond acceptors (Lipinski definition) is 6. The molecule has 198 valence electrons. The molecule has 0 saturated carbocycles. The second-order valence-corrected chi connectivity index (χ2v) is 9.47. The molecular formula is C30H24ClN7O2. The summed E-state index contributed by atoms with van der Waals surface area (Å²) in [5.74, 6) is 0.278. The van der Waals surface area contributed by atoms with E-state index in [0.717, 1.165) is 22.3 Å². The van der Waals surface area contributed by atoms with Crippen molar-refractivity contribution in [2.75, 3.05) is 11.9 Å². The van der Waals surface area contributed by atoms with Crippen molar-refractivity contribution in [1.29, 1.82) is 0 Å². The average Bonchev–Trinajstić information content (AvgIpc) is 3.62. The fourth-order valence-corrected chi connectivity index (χ4v) is 4.87. The van der Waals surface area contributed by atoms with Gasteiger partial charge in [-0.25, -0.2) is 0 Å². The van der Waals surface area contributed by atoms with E-state index in [-0.39, 0.29) is 5.91 Å². The topological polar surface area (TPSA) is 111 Å². The summed E-state index contributed by atoms with van der Waals surface area (Å²) in [6.07, 6.45) is 0. The van der Waals surface area contributed by atoms with Crippen molar-refractivity contribution in [2.45, 2.75) is 13.5 Å². The number of para-hydroxylation sites is 1. The molecule has 0 radical (unpaired) electrons. The molecule has 2 heterocycles. The van der Waals surface area contributed by atoms with E-state index in [9.17, 15) is 4.79 Å². The van der Waals surface area contributed by atoms with Crippen molar-refractivity contribution in [2.24, 2.45) is 0 Å². The number of tetrazole rings is 1. The van der Waals surface area contributed by atoms with Crippen LogP contribution in [0.25, 0.3) is 33.5 Å². The minimum atomic E-state index is -0.259. The van der Waals surface area contributed by atoms with Crippen LogP contribution in [0.4, 0.5) is 5.69 Å². The molecule has 0 aliphatic heterocycles. The summed E-state index contributed by atoms with van der Waals surface area (Å²) in [6.45, 7) is 2.81. The third-order valence-electron chi connectivity index (χ3n) is 6.45. The van der Waals surface area contributed by atoms with Crippen LogP contribution in [0.3, 0.4) is 0 Å². The number of hydrogen-bond donors (Lipinski definition) is 2. The van der Waals surface area contributed by atoms with Crippen molar-refractivity contribution in [1.82, 2.24) is 30.2 Å². The average molecular weight is 550 g/mol. The van der Waals surface area contributed by atoms with E-state index in [2.05, 4.69) is 55.2 Å². The van der Waals surface area contributed by atoms with Gasteiger partial charge < -0.3 is 10.1 Å². The Morgan fingerprint density at radius 2 is 1.77 bits per heavy atom. The SMILES string of the molecule is CCOc1nc2cccc(C(=O)Nc3cccc(Cl)c3)c2n1Cc1ccc(-c2ccccc2-c2nn[nH]n2)cc1. The van der Waals surface area contributed by atoms with Gasteiger partial charge in [0.15, 0.2) is 0 Å². The first-order chi connectivity index (χ1) is 19.6. The van der Waals surface area contributed by atoms with E-state index < -0.39 is 0 Å². The summed E-state index contributed by atoms with van der Waals surface area (Å²) in [5.41, 5.74) is 6.39. The molecule has 0 fully saturated rings. The number of H-pyrrole nitrogens is 1. The van der Waals surface area contributed by atoms with Gasteiger partial charge in [0.25, 0.3) is 11.9 Å². The van der Waals surface area contributed by atoms with Crippen LogP contribution >= 0.6 is 11.6 Å². The maximum absolute atomic E-state index is 13.4. The molecule has 4 aromatic carbocycles. The first-order valence-corrected chi connectivity index (χ1v) is 13.1. The Morgan fingerprint density at radius 3 is 2.52 bits per heavy atom. The van der Waals surface area contributed by atoms with E-state index in [0.29, 0.717) is 52.3 Å². The molecular weight excluding hydrogens is 526 g/mol. The van der Waals surface area contributed by atoms with Gasteiger partial charge in [0.2, 0.25) is 5.82 Å². The molecule has 0 atom stereocenters. The largest absolute Gasteiger partial charge is 0.465 e. The molecule has 0 spiro atoms. The Hall–Kier alpha value is -5.02. The zero-order valence-electron chi connectivity index (χ0n) is 21.5. The van der Waals surface area contributed by atoms with Crippen LogP contribution in [0.2, 0.25) is 5.02 Å². The number of nitrogens with zero attached hydrogens (tertiary/aromatic N) is 5. The van der Waals surface area contributed by atoms with Gasteiger partial charge in [-0.15, -0.1) is 10.2 Å². The number of ether oxygens (including phenoxy) is 1. The molecule has 10 heteroatoms. The van der Waals surface area contributed by atoms with Crippen molar-refractivity contribution in [3.8, 4) is 28.5 Å². The summed E-state index contributed by atoms with van der Waals surface area (Å²) < 4.78 is 7.83. The van der Waals surface area contributed by atoms with Gasteiger partial charge in [-0.1, -0.05) is 72.3 Å². The first-order valence-electron chi connectivity index (χ1n) is 12.7. The normalized spacial score (nSPS) is 11.1. The van der Waals surface area contributed by atoms with E-state index in [1.54, 1.807) is 30.3 Å². The van der Waals surface area contributed by atoms with Gasteiger partial charge in [-0.3, -0.25) is 9.36 Å². The second kappa shape index (κ2) is 11.0. The van der Waals surface area contributed by atoms with Crippen LogP contribution in [0.1, 0.15) is 22.8 Å². The van der Waals surface area contributed by atoms with Crippen molar-refractivity contribution < 1.29 is 9.53 Å². The molecule has 9 nitrogen and oxygen atoms in total. The Morgan fingerprint density at radius 1 is 0.975 bits per heavy atom. The van der Waals surface area contributed by atoms with Crippen LogP contribution in [0.15, 0.2) is 91.0 Å². The van der Waals surface area contributed by atoms with Crippen LogP contribution in [-0.4, -0.2) is 42.7 Å². The zero-order valence-corrected chi connectivity index (χ0v) is 22.3. The molecule has 2 aromatic heterocycles. The van der Waals surface area contributed by atoms with Crippen LogP contribution in [0, 0.1) is 0 Å². The monoisotopic (exact) mass is 549 g/mol. The number of aromatic nitrogens is 6. The smallest absolute Gasteiger partial charge is 0.297 e. The van der Waals surface area contributed by atoms with Crippen LogP contribution in [-0.2, 0) is 6.54 Å². The number of carbonyl (C=O) groups is 1. The van der Waals surface area contributed by atoms with E-state index >= 15 is 0 Å². The minimum absolute atomic E-state index is 0.259. The maximum Gasteiger partial charge on any atom is 0.297 e. The highest BCUT2D eigenvalue weighted by molar-refractivity contribution is 6.31. The number of carbonyl (C=O) groups excluding carboxylic acids is 1. The van der Waals surface area contributed by atoms with Crippen molar-refractivity contribution in [3.05, 3.63) is 107 Å². The summed E-state index contributed by atoms with van der Waals surface area (Å²) in [4.78, 5) is 18.1. The van der Waals surface area contributed by atoms with Crippen LogP contribution < -0.4 is 10.1 Å². The molecule has 0 unspecified atom stereocenters. The highest BCUT2D eigenvalue weighted by Crippen LogP contribution is 2.31. The molecule has 0 aliphatic rings. The number of amides is 1. The van der Waals surface area contributed by atoms with Crippen molar-refractivity contribution in [3.63, 3.8) is 0 Å². The number of rotatable bonds is 8. The predicted molar refractivity (Wildman–Crippen MR) is 154 cm³/mol. The summed E-state index contributed by atoms with van der Waals surface area (Å²) in [7, 11) is 0. The van der Waals surface area contributed by atoms with Gasteiger partial charge in [0.05, 0.1) is 29.7 Å². The molecule has 40 heavy (non-hydrogen) atoms. The lowest BCUT2D eigenvalue weighted by atomic mass is 9.98. The van der Waals surface area contributed by atoms with Gasteiger partial charge in [0, 0.05) is 16.3 Å². The number of anilines is 1. The standard InChI is InChI=1S/C30H24ClN7O2/c1-2-40-30-33-26-12-6-11-25(29(39)32-22-8-5-7-21(31)17-22)27(26)38(30)18-19-13-15-20(16-14-19)23-9-3-4-10-24(23)28-34-36-37-35-28/h3-17H,2,18H2,1H3,(H,32,39)(H,34,35,36,37). The number of imidazole rings is 1. The van der Waals surface area contributed by atoms with Gasteiger partial charge >= 0.3 is 0 Å². The lowest BCUT2D eigenvalue weighted by Gasteiger charge is -2.13. The summed E-state index contributed by atoms with van der Waals surface area (Å²) in [5, 5.41) is 18.0. The highest BCUT2D eigenvalue weighted by atomic mass is 35.5. The third kappa shape index (κ3) is 5.02. The lowest BCUT2D eigenvalue weighted by Crippen LogP contribution is -2.14. The van der Waals surface area contributed by atoms with Gasteiger partial charge in [0.1, 0.15) is 0 Å². The quantitative estimate of drug-likeness (QED) is 0.233. The number of halogens is 1. The molecule has 6 rings (SSSR count). The summed E-state index contributed by atoms with van der Waals surface area (Å²) in [6, 6.07) is 29.1. The second-order valence-electron chi connectivity index (χ2n) is 9.03. The minimum Gasteiger partial charge on any atom is -0.465 e. The number of nitrogens with one attached hydrogen (secondary N) is 2. The highest BCUT2D eigenvalue weighted by Gasteiger charge is 2.20. The molecule has 1 amide bonds. The van der Waals surface area contributed by atoms with Gasteiger partial charge in [-0.05, 0) is 59.2 Å². The fraction of sp³-hybridized carbons (Fsp3) is 0.100. The first kappa shape index (κ1) is 25.3. The third-order valence-corrected chi connectivity index (χ3v) is 6.69. The Balaban J connectivity index is 1.35. The number of aromatic amines is 1. The van der Waals surface area contributed by atoms with E-state index in [1.165, 1.54) is 0 Å². The van der Waals surface area contributed by atoms with Crippen molar-refractivity contribution >= 4 is 34.2 Å². The molecule has 0 saturated heterocycles. The molecule has 0 aliphatic carbocycles. The lowest BCUT2D eigenvalue weighted by molar-refractivity contribution is 0.102. The van der Waals surface area contributed by atoms with Gasteiger partial charge in [-0.2, -0.15) is 10.2 Å². The molecule has 2 N–H and O–H groups in total. The number of benzene rings is 4. The Labute approximate surface area is 234 Å². The van der Waals surface area contributed by atoms with Crippen LogP contribution in [0.5, 0.6) is 6.01 Å². The van der Waals surface area contributed by atoms with E-state index in [4.69, 9.17) is 16.3 Å².